The summed E-state index contributed by atoms with van der Waals surface area (Å²) in [4.78, 5) is 13.0. The molecular formula is C15H25IN2O2. The number of alkyl halides is 1. The lowest BCUT2D eigenvalue weighted by Crippen LogP contribution is -2.34. The summed E-state index contributed by atoms with van der Waals surface area (Å²) in [5, 5.41) is 3.31. The first kappa shape index (κ1) is 17.5. The van der Waals surface area contributed by atoms with Crippen LogP contribution in [-0.4, -0.2) is 40.2 Å². The predicted octanol–water partition coefficient (Wildman–Crippen LogP) is 3.48. The van der Waals surface area contributed by atoms with Gasteiger partial charge in [0.2, 0.25) is 0 Å². The van der Waals surface area contributed by atoms with Crippen molar-refractivity contribution in [1.82, 2.24) is 10.2 Å². The van der Waals surface area contributed by atoms with Gasteiger partial charge in [-0.15, -0.1) is 0 Å². The largest absolute Gasteiger partial charge is 0.443 e. The fourth-order valence-corrected chi connectivity index (χ4v) is 2.33. The molecule has 0 aromatic carbocycles. The van der Waals surface area contributed by atoms with Crippen LogP contribution in [0.25, 0.3) is 0 Å². The normalized spacial score (nSPS) is 19.3. The molecule has 0 aliphatic carbocycles. The van der Waals surface area contributed by atoms with Gasteiger partial charge in [-0.05, 0) is 52.8 Å². The Bertz CT molecular complexity index is 355. The van der Waals surface area contributed by atoms with Crippen molar-refractivity contribution in [2.45, 2.75) is 43.1 Å². The second-order valence-electron chi connectivity index (χ2n) is 5.83. The van der Waals surface area contributed by atoms with Crippen LogP contribution in [0.5, 0.6) is 0 Å². The number of nitrogens with zero attached hydrogens (tertiary/aromatic N) is 1. The number of allylic oxidation sites excluding steroid dienone is 2. The van der Waals surface area contributed by atoms with Crippen molar-refractivity contribution < 1.29 is 9.53 Å². The molecule has 2 aliphatic rings. The minimum absolute atomic E-state index is 0.298. The molecule has 5 heteroatoms. The lowest BCUT2D eigenvalue weighted by molar-refractivity contribution is 0.0350. The monoisotopic (exact) mass is 392 g/mol. The molecule has 0 unspecified atom stereocenters. The average Bonchev–Trinajstić information content (AvgIpc) is 2.39. The molecule has 0 bridgehead atoms. The second-order valence-corrected chi connectivity index (χ2v) is 7.59. The number of rotatable bonds is 0. The van der Waals surface area contributed by atoms with E-state index in [9.17, 15) is 4.79 Å². The zero-order chi connectivity index (χ0) is 15.0. The lowest BCUT2D eigenvalue weighted by Gasteiger charge is -2.25. The Labute approximate surface area is 135 Å². The maximum Gasteiger partial charge on any atom is 0.414 e. The van der Waals surface area contributed by atoms with Crippen molar-refractivity contribution in [3.05, 3.63) is 24.4 Å². The first-order valence-corrected chi connectivity index (χ1v) is 8.31. The molecule has 2 rings (SSSR count). The first-order valence-electron chi connectivity index (χ1n) is 7.06. The summed E-state index contributed by atoms with van der Waals surface area (Å²) in [5.74, 6) is 0. The van der Waals surface area contributed by atoms with Crippen LogP contribution < -0.4 is 5.32 Å². The van der Waals surface area contributed by atoms with E-state index in [0.29, 0.717) is 6.54 Å². The van der Waals surface area contributed by atoms with Crippen LogP contribution in [0.15, 0.2) is 24.4 Å². The second kappa shape index (κ2) is 8.67. The van der Waals surface area contributed by atoms with Crippen molar-refractivity contribution in [3.63, 3.8) is 0 Å². The van der Waals surface area contributed by atoms with Gasteiger partial charge in [-0.2, -0.15) is 0 Å². The number of nitrogens with one attached hydrogen (secondary N) is 1. The molecular weight excluding hydrogens is 367 g/mol. The molecule has 0 aromatic rings. The number of hydrogen-bond acceptors (Lipinski definition) is 3. The molecule has 2 heterocycles. The number of hydrogen-bond donors (Lipinski definition) is 1. The van der Waals surface area contributed by atoms with E-state index in [1.54, 1.807) is 6.20 Å². The topological polar surface area (TPSA) is 41.6 Å². The molecule has 1 N–H and O–H groups in total. The number of amides is 1. The van der Waals surface area contributed by atoms with Crippen LogP contribution in [0.3, 0.4) is 0 Å². The Kier molecular flexibility index (Phi) is 7.58. The van der Waals surface area contributed by atoms with Gasteiger partial charge in [-0.3, -0.25) is 4.90 Å². The van der Waals surface area contributed by atoms with Gasteiger partial charge in [0, 0.05) is 16.7 Å². The fraction of sp³-hybridized carbons (Fsp3) is 0.667. The van der Waals surface area contributed by atoms with Crippen molar-refractivity contribution in [3.8, 4) is 0 Å². The van der Waals surface area contributed by atoms with Gasteiger partial charge in [-0.25, -0.2) is 4.79 Å². The number of piperidine rings is 1. The molecule has 2 aliphatic heterocycles. The van der Waals surface area contributed by atoms with Gasteiger partial charge >= 0.3 is 6.09 Å². The number of ether oxygens (including phenoxy) is 1. The van der Waals surface area contributed by atoms with Crippen LogP contribution >= 0.6 is 22.6 Å². The number of carbonyl (C=O) groups is 1. The Balaban J connectivity index is 0.000000240. The standard InChI is InChI=1S/C10H15NO2.C5H10IN/c1-10(2,3)13-9(12)11-7-5-4-6-8-11;6-5-1-3-7-4-2-5/h4-7H,8H2,1-3H3;5,7H,1-4H2. The van der Waals surface area contributed by atoms with E-state index in [0.717, 1.165) is 3.92 Å². The smallest absolute Gasteiger partial charge is 0.414 e. The van der Waals surface area contributed by atoms with Gasteiger partial charge in [-0.1, -0.05) is 34.7 Å². The van der Waals surface area contributed by atoms with E-state index in [4.69, 9.17) is 4.74 Å². The fourth-order valence-electron chi connectivity index (χ4n) is 1.71. The van der Waals surface area contributed by atoms with Gasteiger partial charge < -0.3 is 10.1 Å². The van der Waals surface area contributed by atoms with E-state index in [1.165, 1.54) is 30.8 Å². The Morgan fingerprint density at radius 1 is 1.30 bits per heavy atom. The summed E-state index contributed by atoms with van der Waals surface area (Å²) in [6.45, 7) is 8.61. The van der Waals surface area contributed by atoms with E-state index in [-0.39, 0.29) is 6.09 Å². The van der Waals surface area contributed by atoms with Gasteiger partial charge in [0.25, 0.3) is 0 Å². The highest BCUT2D eigenvalue weighted by molar-refractivity contribution is 14.1. The summed E-state index contributed by atoms with van der Waals surface area (Å²) >= 11 is 2.52. The van der Waals surface area contributed by atoms with Crippen LogP contribution in [0, 0.1) is 0 Å². The summed E-state index contributed by atoms with van der Waals surface area (Å²) in [5.41, 5.74) is -0.425. The van der Waals surface area contributed by atoms with Crippen LogP contribution in [-0.2, 0) is 4.74 Å². The molecule has 0 saturated carbocycles. The van der Waals surface area contributed by atoms with Crippen LogP contribution in [0.2, 0.25) is 0 Å². The highest BCUT2D eigenvalue weighted by atomic mass is 127. The lowest BCUT2D eigenvalue weighted by atomic mass is 10.2. The maximum absolute atomic E-state index is 11.4. The third-order valence-corrected chi connectivity index (χ3v) is 3.96. The Morgan fingerprint density at radius 3 is 2.35 bits per heavy atom. The molecule has 1 amide bonds. The highest BCUT2D eigenvalue weighted by Gasteiger charge is 2.20. The molecule has 0 atom stereocenters. The number of carbonyl (C=O) groups excluding carboxylic acids is 1. The van der Waals surface area contributed by atoms with E-state index in [1.807, 2.05) is 39.0 Å². The quantitative estimate of drug-likeness (QED) is 0.507. The predicted molar refractivity (Wildman–Crippen MR) is 91.1 cm³/mol. The van der Waals surface area contributed by atoms with E-state index in [2.05, 4.69) is 27.9 Å². The summed E-state index contributed by atoms with van der Waals surface area (Å²) < 4.78 is 6.12. The van der Waals surface area contributed by atoms with Crippen molar-refractivity contribution >= 4 is 28.7 Å². The minimum atomic E-state index is -0.425. The first-order chi connectivity index (χ1) is 9.38. The molecule has 20 heavy (non-hydrogen) atoms. The van der Waals surface area contributed by atoms with Gasteiger partial charge in [0.15, 0.2) is 0 Å². The molecule has 114 valence electrons. The number of halogens is 1. The van der Waals surface area contributed by atoms with Crippen molar-refractivity contribution in [2.75, 3.05) is 19.6 Å². The van der Waals surface area contributed by atoms with Crippen LogP contribution in [0.4, 0.5) is 4.79 Å². The Hall–Kier alpha value is -0.560. The zero-order valence-electron chi connectivity index (χ0n) is 12.6. The van der Waals surface area contributed by atoms with Crippen molar-refractivity contribution in [1.29, 1.82) is 0 Å². The molecule has 0 spiro atoms. The molecule has 1 fully saturated rings. The third kappa shape index (κ3) is 7.89. The van der Waals surface area contributed by atoms with Gasteiger partial charge in [0.1, 0.15) is 5.60 Å². The van der Waals surface area contributed by atoms with E-state index < -0.39 is 5.60 Å². The van der Waals surface area contributed by atoms with Crippen molar-refractivity contribution in [2.24, 2.45) is 0 Å². The SMILES string of the molecule is CC(C)(C)OC(=O)N1C=CC=CC1.IC1CCNCC1. The average molecular weight is 392 g/mol. The third-order valence-electron chi connectivity index (χ3n) is 2.71. The maximum atomic E-state index is 11.4. The molecule has 4 nitrogen and oxygen atoms in total. The Morgan fingerprint density at radius 2 is 1.95 bits per heavy atom. The molecule has 0 aromatic heterocycles. The summed E-state index contributed by atoms with van der Waals surface area (Å²) in [6.07, 6.45) is 9.76. The molecule has 1 saturated heterocycles. The molecule has 0 radical (unpaired) electrons. The summed E-state index contributed by atoms with van der Waals surface area (Å²) in [6, 6.07) is 0. The summed E-state index contributed by atoms with van der Waals surface area (Å²) in [7, 11) is 0. The van der Waals surface area contributed by atoms with Gasteiger partial charge in [0.05, 0.1) is 0 Å². The van der Waals surface area contributed by atoms with Crippen LogP contribution in [0.1, 0.15) is 33.6 Å². The zero-order valence-corrected chi connectivity index (χ0v) is 14.7. The highest BCUT2D eigenvalue weighted by Crippen LogP contribution is 2.12. The minimum Gasteiger partial charge on any atom is -0.443 e. The van der Waals surface area contributed by atoms with E-state index >= 15 is 0 Å².